The van der Waals surface area contributed by atoms with E-state index in [2.05, 4.69) is 79.3 Å². The summed E-state index contributed by atoms with van der Waals surface area (Å²) < 4.78 is 0. The summed E-state index contributed by atoms with van der Waals surface area (Å²) >= 11 is 0. The topological polar surface area (TPSA) is 12.4 Å². The van der Waals surface area contributed by atoms with Gasteiger partial charge in [0, 0.05) is 11.6 Å². The summed E-state index contributed by atoms with van der Waals surface area (Å²) in [5.41, 5.74) is 1.30. The summed E-state index contributed by atoms with van der Waals surface area (Å²) in [6.07, 6.45) is 14.4. The number of allylic oxidation sites excluding steroid dienone is 3. The van der Waals surface area contributed by atoms with Crippen LogP contribution in [0.4, 0.5) is 0 Å². The fourth-order valence-corrected chi connectivity index (χ4v) is 3.02. The lowest BCUT2D eigenvalue weighted by molar-refractivity contribution is 0.202. The van der Waals surface area contributed by atoms with Gasteiger partial charge in [0.05, 0.1) is 5.54 Å². The SMILES string of the molecule is C=C(C=NC1(CC)C=CC1(C)CC)C(C)(C)C(C)/C=C\CC. The normalized spacial score (nSPS) is 30.0. The average Bonchev–Trinajstić information content (AvgIpc) is 2.50. The molecule has 0 spiro atoms. The first kappa shape index (κ1) is 18.9. The molecule has 1 aliphatic carbocycles. The van der Waals surface area contributed by atoms with Crippen molar-refractivity contribution < 1.29 is 0 Å². The molecule has 0 aromatic carbocycles. The Morgan fingerprint density at radius 3 is 2.27 bits per heavy atom. The van der Waals surface area contributed by atoms with Gasteiger partial charge in [0.15, 0.2) is 0 Å². The van der Waals surface area contributed by atoms with Crippen molar-refractivity contribution >= 4 is 6.21 Å². The molecule has 1 nitrogen and oxygen atoms in total. The first-order valence-electron chi connectivity index (χ1n) is 8.80. The molecule has 1 rings (SSSR count). The van der Waals surface area contributed by atoms with Crippen LogP contribution in [0, 0.1) is 16.7 Å². The Morgan fingerprint density at radius 1 is 1.23 bits per heavy atom. The smallest absolute Gasteiger partial charge is 0.0872 e. The highest BCUT2D eigenvalue weighted by Crippen LogP contribution is 2.50. The summed E-state index contributed by atoms with van der Waals surface area (Å²) in [6, 6.07) is 0. The molecule has 0 aromatic rings. The van der Waals surface area contributed by atoms with Crippen LogP contribution < -0.4 is 0 Å². The van der Waals surface area contributed by atoms with E-state index >= 15 is 0 Å². The third-order valence-electron chi connectivity index (χ3n) is 6.07. The molecule has 0 saturated carbocycles. The monoisotopic (exact) mass is 301 g/mol. The third kappa shape index (κ3) is 3.29. The Labute approximate surface area is 138 Å². The van der Waals surface area contributed by atoms with E-state index in [0.29, 0.717) is 5.92 Å². The van der Waals surface area contributed by atoms with E-state index in [1.54, 1.807) is 0 Å². The highest BCUT2D eigenvalue weighted by molar-refractivity contribution is 5.80. The van der Waals surface area contributed by atoms with Gasteiger partial charge in [-0.05, 0) is 36.2 Å². The molecule has 1 aliphatic rings. The third-order valence-corrected chi connectivity index (χ3v) is 6.07. The van der Waals surface area contributed by atoms with E-state index in [0.717, 1.165) is 24.8 Å². The molecule has 1 heteroatoms. The lowest BCUT2D eigenvalue weighted by Crippen LogP contribution is -2.48. The lowest BCUT2D eigenvalue weighted by atomic mass is 9.60. The van der Waals surface area contributed by atoms with E-state index < -0.39 is 0 Å². The van der Waals surface area contributed by atoms with Crippen molar-refractivity contribution in [3.8, 4) is 0 Å². The van der Waals surface area contributed by atoms with Crippen LogP contribution in [-0.2, 0) is 0 Å². The molecule has 0 fully saturated rings. The molecule has 124 valence electrons. The average molecular weight is 302 g/mol. The largest absolute Gasteiger partial charge is 0.281 e. The maximum absolute atomic E-state index is 5.00. The van der Waals surface area contributed by atoms with E-state index in [1.807, 2.05) is 6.21 Å². The first-order chi connectivity index (χ1) is 10.2. The molecule has 0 bridgehead atoms. The van der Waals surface area contributed by atoms with Crippen molar-refractivity contribution in [2.75, 3.05) is 0 Å². The summed E-state index contributed by atoms with van der Waals surface area (Å²) in [7, 11) is 0. The molecule has 0 radical (unpaired) electrons. The van der Waals surface area contributed by atoms with Crippen LogP contribution >= 0.6 is 0 Å². The van der Waals surface area contributed by atoms with Crippen molar-refractivity contribution in [1.29, 1.82) is 0 Å². The van der Waals surface area contributed by atoms with Gasteiger partial charge in [-0.25, -0.2) is 0 Å². The van der Waals surface area contributed by atoms with Crippen LogP contribution in [0.15, 0.2) is 41.4 Å². The Bertz CT molecular complexity index is 480. The quantitative estimate of drug-likeness (QED) is 0.364. The van der Waals surface area contributed by atoms with Gasteiger partial charge < -0.3 is 0 Å². The molecule has 3 atom stereocenters. The van der Waals surface area contributed by atoms with Gasteiger partial charge in [0.1, 0.15) is 0 Å². The van der Waals surface area contributed by atoms with Crippen molar-refractivity contribution in [3.63, 3.8) is 0 Å². The molecule has 0 amide bonds. The number of hydrogen-bond acceptors (Lipinski definition) is 1. The number of rotatable bonds is 8. The molecular formula is C21H35N. The zero-order valence-corrected chi connectivity index (χ0v) is 15.7. The minimum atomic E-state index is -0.0384. The molecule has 0 N–H and O–H groups in total. The summed E-state index contributed by atoms with van der Waals surface area (Å²) in [6.45, 7) is 20.1. The fraction of sp³-hybridized carbons (Fsp3) is 0.667. The fourth-order valence-electron chi connectivity index (χ4n) is 3.02. The maximum atomic E-state index is 5.00. The summed E-state index contributed by atoms with van der Waals surface area (Å²) in [5.74, 6) is 0.457. The van der Waals surface area contributed by atoms with Crippen LogP contribution in [0.5, 0.6) is 0 Å². The molecule has 0 saturated heterocycles. The molecular weight excluding hydrogens is 266 g/mol. The van der Waals surface area contributed by atoms with E-state index in [1.165, 1.54) is 0 Å². The van der Waals surface area contributed by atoms with Crippen LogP contribution in [0.2, 0.25) is 0 Å². The highest BCUT2D eigenvalue weighted by Gasteiger charge is 2.48. The minimum Gasteiger partial charge on any atom is -0.281 e. The predicted octanol–water partition coefficient (Wildman–Crippen LogP) is 6.38. The molecule has 3 unspecified atom stereocenters. The first-order valence-corrected chi connectivity index (χ1v) is 8.80. The van der Waals surface area contributed by atoms with Gasteiger partial charge in [-0.3, -0.25) is 4.99 Å². The van der Waals surface area contributed by atoms with E-state index in [-0.39, 0.29) is 16.4 Å². The summed E-state index contributed by atoms with van der Waals surface area (Å²) in [4.78, 5) is 5.00. The van der Waals surface area contributed by atoms with Gasteiger partial charge in [-0.2, -0.15) is 0 Å². The second kappa shape index (κ2) is 6.98. The predicted molar refractivity (Wildman–Crippen MR) is 101 cm³/mol. The van der Waals surface area contributed by atoms with Gasteiger partial charge in [-0.1, -0.05) is 79.3 Å². The summed E-state index contributed by atoms with van der Waals surface area (Å²) in [5, 5.41) is 0. The number of nitrogens with zero attached hydrogens (tertiary/aromatic N) is 1. The van der Waals surface area contributed by atoms with Crippen molar-refractivity contribution in [2.24, 2.45) is 21.7 Å². The molecule has 0 aliphatic heterocycles. The van der Waals surface area contributed by atoms with Crippen molar-refractivity contribution in [1.82, 2.24) is 0 Å². The minimum absolute atomic E-state index is 0.0280. The van der Waals surface area contributed by atoms with Gasteiger partial charge in [0.25, 0.3) is 0 Å². The Kier molecular flexibility index (Phi) is 6.01. The second-order valence-corrected chi connectivity index (χ2v) is 7.51. The van der Waals surface area contributed by atoms with Crippen molar-refractivity contribution in [2.45, 2.75) is 73.3 Å². The molecule has 0 aromatic heterocycles. The zero-order valence-electron chi connectivity index (χ0n) is 15.7. The lowest BCUT2D eigenvalue weighted by Gasteiger charge is -2.49. The highest BCUT2D eigenvalue weighted by atomic mass is 14.9. The zero-order chi connectivity index (χ0) is 17.0. The van der Waals surface area contributed by atoms with E-state index in [9.17, 15) is 0 Å². The van der Waals surface area contributed by atoms with Crippen LogP contribution in [0.1, 0.15) is 67.7 Å². The Hall–Kier alpha value is -1.11. The van der Waals surface area contributed by atoms with Crippen LogP contribution in [0.3, 0.4) is 0 Å². The Morgan fingerprint density at radius 2 is 1.86 bits per heavy atom. The standard InChI is InChI=1S/C21H35N/c1-9-12-13-17(4)19(6,7)18(5)16-22-21(11-3)15-14-20(21,8)10-2/h12-17H,5,9-11H2,1-4,6-8H3/b13-12-,22-16?. The molecule has 0 heterocycles. The van der Waals surface area contributed by atoms with Crippen LogP contribution in [0.25, 0.3) is 0 Å². The number of hydrogen-bond donors (Lipinski definition) is 0. The Balaban J connectivity index is 2.92. The maximum Gasteiger partial charge on any atom is 0.0872 e. The number of aliphatic imine (C=N–C) groups is 1. The van der Waals surface area contributed by atoms with Gasteiger partial charge in [0.2, 0.25) is 0 Å². The van der Waals surface area contributed by atoms with Gasteiger partial charge >= 0.3 is 0 Å². The molecule has 22 heavy (non-hydrogen) atoms. The van der Waals surface area contributed by atoms with E-state index in [4.69, 9.17) is 4.99 Å². The van der Waals surface area contributed by atoms with Crippen molar-refractivity contribution in [3.05, 3.63) is 36.5 Å². The second-order valence-electron chi connectivity index (χ2n) is 7.51. The van der Waals surface area contributed by atoms with Gasteiger partial charge in [-0.15, -0.1) is 0 Å². The van der Waals surface area contributed by atoms with Crippen LogP contribution in [-0.4, -0.2) is 11.8 Å².